The number of hydrazone groups is 1. The number of thioether (sulfide) groups is 1. The van der Waals surface area contributed by atoms with Gasteiger partial charge in [0.05, 0.1) is 11.8 Å². The molecule has 0 spiro atoms. The van der Waals surface area contributed by atoms with E-state index < -0.39 is 5.37 Å². The number of benzene rings is 2. The van der Waals surface area contributed by atoms with Crippen molar-refractivity contribution in [2.75, 3.05) is 0 Å². The Morgan fingerprint density at radius 1 is 1.15 bits per heavy atom. The van der Waals surface area contributed by atoms with Gasteiger partial charge in [0.25, 0.3) is 0 Å². The highest BCUT2D eigenvalue weighted by Gasteiger charge is 2.40. The summed E-state index contributed by atoms with van der Waals surface area (Å²) in [5, 5.41) is 19.0. The Balaban J connectivity index is 1.79. The Kier molecular flexibility index (Phi) is 4.26. The van der Waals surface area contributed by atoms with E-state index in [4.69, 9.17) is 5.53 Å². The summed E-state index contributed by atoms with van der Waals surface area (Å²) in [4.78, 5) is 15.8. The van der Waals surface area contributed by atoms with E-state index in [9.17, 15) is 9.90 Å². The zero-order valence-electron chi connectivity index (χ0n) is 13.6. The fourth-order valence-electron chi connectivity index (χ4n) is 3.11. The largest absolute Gasteiger partial charge is 0.508 e. The Morgan fingerprint density at radius 3 is 2.62 bits per heavy atom. The number of carbonyl (C=O) groups is 1. The lowest BCUT2D eigenvalue weighted by atomic mass is 9.97. The van der Waals surface area contributed by atoms with E-state index in [-0.39, 0.29) is 17.0 Å². The van der Waals surface area contributed by atoms with Crippen LogP contribution in [0.5, 0.6) is 5.75 Å². The first-order chi connectivity index (χ1) is 12.7. The molecule has 2 heterocycles. The SMILES string of the molecule is N=N[C@@H]1SC(=O)N=C1N1N=C(c2ccccc2)C[C@H]1c1ccccc1O. The van der Waals surface area contributed by atoms with Gasteiger partial charge in [0.15, 0.2) is 11.2 Å². The molecule has 2 aliphatic heterocycles. The predicted molar refractivity (Wildman–Crippen MR) is 99.6 cm³/mol. The number of hydrogen-bond acceptors (Lipinski definition) is 7. The van der Waals surface area contributed by atoms with Crippen molar-refractivity contribution in [2.45, 2.75) is 17.8 Å². The molecule has 130 valence electrons. The molecule has 0 fully saturated rings. The molecule has 0 saturated heterocycles. The zero-order valence-corrected chi connectivity index (χ0v) is 14.4. The number of phenolic OH excluding ortho intramolecular Hbond substituents is 1. The van der Waals surface area contributed by atoms with Crippen molar-refractivity contribution < 1.29 is 9.90 Å². The smallest absolute Gasteiger partial charge is 0.309 e. The Labute approximate surface area is 154 Å². The summed E-state index contributed by atoms with van der Waals surface area (Å²) >= 11 is 0.889. The second-order valence-electron chi connectivity index (χ2n) is 5.87. The maximum Gasteiger partial charge on any atom is 0.309 e. The molecule has 7 nitrogen and oxygen atoms in total. The van der Waals surface area contributed by atoms with Gasteiger partial charge in [0.1, 0.15) is 5.75 Å². The number of carbonyl (C=O) groups excluding carboxylic acids is 1. The average molecular weight is 365 g/mol. The van der Waals surface area contributed by atoms with Gasteiger partial charge in [-0.15, -0.1) is 0 Å². The fraction of sp³-hybridized carbons (Fsp3) is 0.167. The van der Waals surface area contributed by atoms with Crippen LogP contribution in [-0.4, -0.2) is 32.3 Å². The number of phenols is 1. The van der Waals surface area contributed by atoms with E-state index in [1.807, 2.05) is 42.5 Å². The zero-order chi connectivity index (χ0) is 18.1. The number of rotatable bonds is 3. The van der Waals surface area contributed by atoms with Gasteiger partial charge in [0.2, 0.25) is 0 Å². The van der Waals surface area contributed by atoms with Crippen molar-refractivity contribution in [2.24, 2.45) is 15.2 Å². The van der Waals surface area contributed by atoms with Gasteiger partial charge in [-0.25, -0.2) is 10.5 Å². The number of aromatic hydroxyl groups is 1. The number of para-hydroxylation sites is 1. The monoisotopic (exact) mass is 365 g/mol. The highest BCUT2D eigenvalue weighted by molar-refractivity contribution is 8.15. The summed E-state index contributed by atoms with van der Waals surface area (Å²) in [5.41, 5.74) is 9.84. The van der Waals surface area contributed by atoms with Crippen LogP contribution in [0, 0.1) is 5.53 Å². The van der Waals surface area contributed by atoms with Crippen LogP contribution in [0.3, 0.4) is 0 Å². The Morgan fingerprint density at radius 2 is 1.88 bits per heavy atom. The van der Waals surface area contributed by atoms with Crippen LogP contribution in [0.2, 0.25) is 0 Å². The standard InChI is InChI=1S/C18H15N5O2S/c19-21-17-16(20-18(25)26-17)23-14(12-8-4-5-9-15(12)24)10-13(22-23)11-6-2-1-3-7-11/h1-9,14,17,19,24H,10H2/t14-,17+/m0/s1. The van der Waals surface area contributed by atoms with Gasteiger partial charge < -0.3 is 5.11 Å². The van der Waals surface area contributed by atoms with E-state index in [2.05, 4.69) is 15.2 Å². The molecule has 0 aromatic heterocycles. The van der Waals surface area contributed by atoms with Gasteiger partial charge in [-0.3, -0.25) is 4.79 Å². The third-order valence-corrected chi connectivity index (χ3v) is 5.14. The number of nitrogens with one attached hydrogen (secondary N) is 1. The molecule has 0 radical (unpaired) electrons. The predicted octanol–water partition coefficient (Wildman–Crippen LogP) is 4.17. The molecule has 0 bridgehead atoms. The summed E-state index contributed by atoms with van der Waals surface area (Å²) in [5.74, 6) is 0.484. The number of nitrogens with zero attached hydrogens (tertiary/aromatic N) is 4. The van der Waals surface area contributed by atoms with Crippen molar-refractivity contribution >= 4 is 28.5 Å². The Bertz CT molecular complexity index is 928. The average Bonchev–Trinajstić information content (AvgIpc) is 3.26. The van der Waals surface area contributed by atoms with Crippen LogP contribution in [0.15, 0.2) is 69.8 Å². The molecule has 26 heavy (non-hydrogen) atoms. The summed E-state index contributed by atoms with van der Waals surface area (Å²) in [6.45, 7) is 0. The van der Waals surface area contributed by atoms with Crippen molar-refractivity contribution in [1.29, 1.82) is 5.53 Å². The second-order valence-corrected chi connectivity index (χ2v) is 6.90. The van der Waals surface area contributed by atoms with E-state index in [0.717, 1.165) is 23.0 Å². The topological polar surface area (TPSA) is 101 Å². The maximum absolute atomic E-state index is 11.7. The summed E-state index contributed by atoms with van der Waals surface area (Å²) in [7, 11) is 0. The van der Waals surface area contributed by atoms with Crippen molar-refractivity contribution in [3.63, 3.8) is 0 Å². The van der Waals surface area contributed by atoms with Gasteiger partial charge in [-0.2, -0.15) is 15.2 Å². The maximum atomic E-state index is 11.7. The lowest BCUT2D eigenvalue weighted by molar-refractivity contribution is 0.267. The summed E-state index contributed by atoms with van der Waals surface area (Å²) in [6, 6.07) is 16.5. The first-order valence-electron chi connectivity index (χ1n) is 8.03. The summed E-state index contributed by atoms with van der Waals surface area (Å²) < 4.78 is 0. The first-order valence-corrected chi connectivity index (χ1v) is 8.91. The minimum absolute atomic E-state index is 0.156. The number of aliphatic imine (C=N–C) groups is 1. The lowest BCUT2D eigenvalue weighted by Gasteiger charge is -2.25. The molecular weight excluding hydrogens is 350 g/mol. The van der Waals surface area contributed by atoms with Gasteiger partial charge in [0, 0.05) is 12.0 Å². The molecule has 2 aliphatic rings. The summed E-state index contributed by atoms with van der Waals surface area (Å²) in [6.07, 6.45) is 0.546. The second kappa shape index (κ2) is 6.72. The van der Waals surface area contributed by atoms with E-state index >= 15 is 0 Å². The molecule has 2 N–H and O–H groups in total. The van der Waals surface area contributed by atoms with Crippen LogP contribution < -0.4 is 0 Å². The highest BCUT2D eigenvalue weighted by atomic mass is 32.2. The van der Waals surface area contributed by atoms with Crippen LogP contribution in [0.25, 0.3) is 0 Å². The van der Waals surface area contributed by atoms with E-state index in [1.54, 1.807) is 17.1 Å². The lowest BCUT2D eigenvalue weighted by Crippen LogP contribution is -2.31. The van der Waals surface area contributed by atoms with Crippen LogP contribution in [0.4, 0.5) is 4.79 Å². The first kappa shape index (κ1) is 16.5. The van der Waals surface area contributed by atoms with Gasteiger partial charge in [-0.05, 0) is 23.4 Å². The molecule has 2 aromatic carbocycles. The molecule has 8 heteroatoms. The third kappa shape index (κ3) is 2.88. The molecule has 0 unspecified atom stereocenters. The molecule has 1 amide bonds. The van der Waals surface area contributed by atoms with E-state index in [1.165, 1.54) is 0 Å². The van der Waals surface area contributed by atoms with Crippen LogP contribution >= 0.6 is 11.8 Å². The van der Waals surface area contributed by atoms with Gasteiger partial charge in [-0.1, -0.05) is 48.5 Å². The normalized spacial score (nSPS) is 22.3. The van der Waals surface area contributed by atoms with Crippen molar-refractivity contribution in [3.8, 4) is 5.75 Å². The number of hydrogen-bond donors (Lipinski definition) is 2. The van der Waals surface area contributed by atoms with Crippen LogP contribution in [-0.2, 0) is 0 Å². The van der Waals surface area contributed by atoms with Gasteiger partial charge >= 0.3 is 5.24 Å². The minimum atomic E-state index is -0.713. The minimum Gasteiger partial charge on any atom is -0.508 e. The third-order valence-electron chi connectivity index (χ3n) is 4.30. The molecule has 2 aromatic rings. The molecule has 0 aliphatic carbocycles. The molecule has 2 atom stereocenters. The Hall–Kier alpha value is -3.00. The molecule has 0 saturated carbocycles. The molecular formula is C18H15N5O2S. The van der Waals surface area contributed by atoms with E-state index in [0.29, 0.717) is 17.8 Å². The number of amides is 1. The van der Waals surface area contributed by atoms with Crippen molar-refractivity contribution in [3.05, 3.63) is 65.7 Å². The number of amidine groups is 1. The quantitative estimate of drug-likeness (QED) is 0.797. The fourth-order valence-corrected chi connectivity index (χ4v) is 3.77. The van der Waals surface area contributed by atoms with Crippen LogP contribution in [0.1, 0.15) is 23.6 Å². The van der Waals surface area contributed by atoms with Crippen molar-refractivity contribution in [1.82, 2.24) is 5.01 Å². The highest BCUT2D eigenvalue weighted by Crippen LogP contribution is 2.40. The molecule has 4 rings (SSSR count).